The first kappa shape index (κ1) is 38.5. The maximum atomic E-state index is 14.1. The van der Waals surface area contributed by atoms with Crippen molar-refractivity contribution in [1.29, 1.82) is 0 Å². The highest BCUT2D eigenvalue weighted by Gasteiger charge is 2.46. The van der Waals surface area contributed by atoms with Crippen molar-refractivity contribution in [3.8, 4) is 0 Å². The number of fused-ring (bicyclic) bond motifs is 2. The standard InChI is InChI=1S/C41H46N6O6/c1-26(23-33(48)47-53-39(2,3)4)24-40(5,6)25-34(49)44-30-19-17-29(18-20-30)41(52,37(50)45-31-15-7-11-27-13-9-21-42-35(27)31)38(51)46-32-16-8-12-28-14-10-22-43-36(28)32/h7-22,26,52H,23-25H2,1-6H3,(H,44,49)(H,45,50)(H,46,51)(H,47,48). The third-order valence-corrected chi connectivity index (χ3v) is 8.55. The zero-order valence-corrected chi connectivity index (χ0v) is 30.8. The Bertz CT molecular complexity index is 2020. The summed E-state index contributed by atoms with van der Waals surface area (Å²) in [5.41, 5.74) is 0.789. The van der Waals surface area contributed by atoms with Crippen LogP contribution in [0, 0.1) is 11.3 Å². The Kier molecular flexibility index (Phi) is 11.5. The maximum Gasteiger partial charge on any atom is 0.271 e. The van der Waals surface area contributed by atoms with Crippen molar-refractivity contribution in [2.45, 2.75) is 72.0 Å². The molecule has 12 nitrogen and oxygen atoms in total. The van der Waals surface area contributed by atoms with Crippen LogP contribution in [0.15, 0.2) is 97.3 Å². The molecule has 0 aliphatic heterocycles. The summed E-state index contributed by atoms with van der Waals surface area (Å²) in [6, 6.07) is 23.5. The van der Waals surface area contributed by atoms with Gasteiger partial charge in [-0.15, -0.1) is 0 Å². The lowest BCUT2D eigenvalue weighted by atomic mass is 9.79. The Morgan fingerprint density at radius 1 is 0.698 bits per heavy atom. The van der Waals surface area contributed by atoms with Gasteiger partial charge < -0.3 is 21.1 Å². The monoisotopic (exact) mass is 718 g/mol. The van der Waals surface area contributed by atoms with E-state index >= 15 is 0 Å². The van der Waals surface area contributed by atoms with E-state index in [1.165, 1.54) is 24.3 Å². The smallest absolute Gasteiger partial charge is 0.271 e. The number of nitrogens with one attached hydrogen (secondary N) is 4. The van der Waals surface area contributed by atoms with Gasteiger partial charge in [0.2, 0.25) is 17.4 Å². The van der Waals surface area contributed by atoms with E-state index in [-0.39, 0.29) is 36.1 Å². The second-order valence-electron chi connectivity index (χ2n) is 15.1. The Balaban J connectivity index is 1.33. The molecule has 53 heavy (non-hydrogen) atoms. The molecule has 0 saturated heterocycles. The number of carbonyl (C=O) groups excluding carboxylic acids is 4. The third-order valence-electron chi connectivity index (χ3n) is 8.55. The molecule has 3 aromatic carbocycles. The summed E-state index contributed by atoms with van der Waals surface area (Å²) < 4.78 is 0. The van der Waals surface area contributed by atoms with Crippen molar-refractivity contribution >= 4 is 62.5 Å². The number of nitrogens with zero attached hydrogens (tertiary/aromatic N) is 2. The molecule has 0 fully saturated rings. The minimum Gasteiger partial charge on any atom is -0.368 e. The molecule has 5 aromatic rings. The highest BCUT2D eigenvalue weighted by atomic mass is 16.7. The minimum absolute atomic E-state index is 0.00932. The first-order valence-corrected chi connectivity index (χ1v) is 17.4. The fourth-order valence-corrected chi connectivity index (χ4v) is 6.29. The van der Waals surface area contributed by atoms with Crippen molar-refractivity contribution in [3.05, 3.63) is 103 Å². The molecule has 4 amide bonds. The van der Waals surface area contributed by atoms with Crippen LogP contribution in [0.4, 0.5) is 17.1 Å². The maximum absolute atomic E-state index is 14.1. The number of hydrogen-bond acceptors (Lipinski definition) is 8. The predicted molar refractivity (Wildman–Crippen MR) is 205 cm³/mol. The van der Waals surface area contributed by atoms with Crippen molar-refractivity contribution < 1.29 is 29.1 Å². The molecule has 5 rings (SSSR count). The summed E-state index contributed by atoms with van der Waals surface area (Å²) in [4.78, 5) is 67.7. The number of benzene rings is 3. The van der Waals surface area contributed by atoms with Gasteiger partial charge in [0.15, 0.2) is 0 Å². The third kappa shape index (κ3) is 9.79. The van der Waals surface area contributed by atoms with Gasteiger partial charge in [0.25, 0.3) is 11.8 Å². The Labute approximate surface area is 308 Å². The number of rotatable bonds is 13. The quantitative estimate of drug-likeness (QED) is 0.0649. The number of hydrogen-bond donors (Lipinski definition) is 5. The second-order valence-corrected chi connectivity index (χ2v) is 15.1. The second kappa shape index (κ2) is 15.9. The molecule has 2 aromatic heterocycles. The van der Waals surface area contributed by atoms with Crippen molar-refractivity contribution in [2.75, 3.05) is 16.0 Å². The molecular weight excluding hydrogens is 672 g/mol. The minimum atomic E-state index is -2.72. The topological polar surface area (TPSA) is 172 Å². The van der Waals surface area contributed by atoms with Gasteiger partial charge in [-0.25, -0.2) is 5.48 Å². The van der Waals surface area contributed by atoms with Crippen LogP contribution in [-0.4, -0.2) is 44.3 Å². The number of amides is 4. The fourth-order valence-electron chi connectivity index (χ4n) is 6.29. The van der Waals surface area contributed by atoms with E-state index in [2.05, 4.69) is 31.4 Å². The van der Waals surface area contributed by atoms with Gasteiger partial charge in [-0.2, -0.15) is 0 Å². The molecule has 0 saturated carbocycles. The summed E-state index contributed by atoms with van der Waals surface area (Å²) in [6.07, 6.45) is 4.20. The van der Waals surface area contributed by atoms with E-state index in [1.54, 1.807) is 48.8 Å². The molecule has 0 aliphatic carbocycles. The Morgan fingerprint density at radius 3 is 1.72 bits per heavy atom. The van der Waals surface area contributed by atoms with Crippen LogP contribution in [0.5, 0.6) is 0 Å². The van der Waals surface area contributed by atoms with Crippen LogP contribution in [0.2, 0.25) is 0 Å². The van der Waals surface area contributed by atoms with Gasteiger partial charge in [-0.3, -0.25) is 34.0 Å². The summed E-state index contributed by atoms with van der Waals surface area (Å²) in [5.74, 6) is -2.50. The Morgan fingerprint density at radius 2 is 1.21 bits per heavy atom. The molecular formula is C41H46N6O6. The van der Waals surface area contributed by atoms with Gasteiger partial charge in [0.1, 0.15) is 0 Å². The summed E-state index contributed by atoms with van der Waals surface area (Å²) in [7, 11) is 0. The molecule has 2 heterocycles. The van der Waals surface area contributed by atoms with Crippen molar-refractivity contribution in [2.24, 2.45) is 11.3 Å². The van der Waals surface area contributed by atoms with Crippen LogP contribution in [-0.2, 0) is 29.6 Å². The molecule has 0 radical (unpaired) electrons. The number of pyridine rings is 2. The van der Waals surface area contributed by atoms with Gasteiger partial charge in [-0.05, 0) is 74.9 Å². The van der Waals surface area contributed by atoms with E-state index in [0.29, 0.717) is 34.5 Å². The van der Waals surface area contributed by atoms with Crippen LogP contribution in [0.25, 0.3) is 21.8 Å². The largest absolute Gasteiger partial charge is 0.368 e. The lowest BCUT2D eigenvalue weighted by molar-refractivity contribution is -0.148. The average molecular weight is 719 g/mol. The molecule has 1 unspecified atom stereocenters. The number of hydroxylamine groups is 1. The lowest BCUT2D eigenvalue weighted by Gasteiger charge is -2.28. The molecule has 0 bridgehead atoms. The molecule has 0 spiro atoms. The van der Waals surface area contributed by atoms with Gasteiger partial charge in [0.05, 0.1) is 28.0 Å². The van der Waals surface area contributed by atoms with E-state index in [9.17, 15) is 24.3 Å². The zero-order valence-electron chi connectivity index (χ0n) is 30.8. The van der Waals surface area contributed by atoms with E-state index < -0.39 is 28.4 Å². The lowest BCUT2D eigenvalue weighted by Crippen LogP contribution is -2.50. The molecule has 0 aliphatic rings. The first-order valence-electron chi connectivity index (χ1n) is 17.4. The summed E-state index contributed by atoms with van der Waals surface area (Å²) in [6.45, 7) is 11.4. The van der Waals surface area contributed by atoms with Crippen LogP contribution >= 0.6 is 0 Å². The number of aromatic nitrogens is 2. The first-order chi connectivity index (χ1) is 25.0. The van der Waals surface area contributed by atoms with E-state index in [0.717, 1.165) is 10.8 Å². The molecule has 276 valence electrons. The number of aliphatic hydroxyl groups is 1. The van der Waals surface area contributed by atoms with Gasteiger partial charge in [0, 0.05) is 47.3 Å². The van der Waals surface area contributed by atoms with Crippen molar-refractivity contribution in [1.82, 2.24) is 15.4 Å². The van der Waals surface area contributed by atoms with Crippen molar-refractivity contribution in [3.63, 3.8) is 0 Å². The van der Waals surface area contributed by atoms with E-state index in [4.69, 9.17) is 4.84 Å². The molecule has 1 atom stereocenters. The molecule has 12 heteroatoms. The van der Waals surface area contributed by atoms with Gasteiger partial charge >= 0.3 is 0 Å². The highest BCUT2D eigenvalue weighted by Crippen LogP contribution is 2.33. The van der Waals surface area contributed by atoms with Crippen LogP contribution in [0.3, 0.4) is 0 Å². The Hall–Kier alpha value is -5.72. The SMILES string of the molecule is CC(CC(=O)NOC(C)(C)C)CC(C)(C)CC(=O)Nc1ccc(C(O)(C(=O)Nc2cccc3cccnc23)C(=O)Nc2cccc3cccnc23)cc1. The summed E-state index contributed by atoms with van der Waals surface area (Å²) >= 11 is 0. The normalized spacial score (nSPS) is 12.6. The van der Waals surface area contributed by atoms with Crippen LogP contribution in [0.1, 0.15) is 66.4 Å². The number of carbonyl (C=O) groups is 4. The molecule has 5 N–H and O–H groups in total. The zero-order chi connectivity index (χ0) is 38.4. The summed E-state index contributed by atoms with van der Waals surface area (Å²) in [5, 5.41) is 22.0. The van der Waals surface area contributed by atoms with Crippen LogP contribution < -0.4 is 21.4 Å². The number of anilines is 3. The number of para-hydroxylation sites is 2. The van der Waals surface area contributed by atoms with Gasteiger partial charge in [-0.1, -0.05) is 69.3 Å². The predicted octanol–water partition coefficient (Wildman–Crippen LogP) is 6.87. The fraction of sp³-hybridized carbons (Fsp3) is 0.317. The van der Waals surface area contributed by atoms with E-state index in [1.807, 2.05) is 65.8 Å². The highest BCUT2D eigenvalue weighted by molar-refractivity contribution is 6.19. The average Bonchev–Trinajstić information content (AvgIpc) is 3.10.